The molecular formula is C27H25N3O3. The van der Waals surface area contributed by atoms with E-state index in [0.29, 0.717) is 11.3 Å². The molecule has 0 unspecified atom stereocenters. The van der Waals surface area contributed by atoms with E-state index < -0.39 is 17.6 Å². The van der Waals surface area contributed by atoms with E-state index in [1.165, 1.54) is 11.6 Å². The quantitative estimate of drug-likeness (QED) is 0.363. The van der Waals surface area contributed by atoms with Crippen LogP contribution in [0.1, 0.15) is 23.1 Å². The van der Waals surface area contributed by atoms with Crippen molar-refractivity contribution in [2.45, 2.75) is 19.8 Å². The normalized spacial score (nSPS) is 13.2. The Balaban J connectivity index is 1.67. The highest BCUT2D eigenvalue weighted by atomic mass is 16.4. The lowest BCUT2D eigenvalue weighted by atomic mass is 9.96. The molecule has 1 aliphatic rings. The highest BCUT2D eigenvalue weighted by Gasteiger charge is 2.22. The van der Waals surface area contributed by atoms with Gasteiger partial charge in [-0.15, -0.1) is 0 Å². The standard InChI is InChI=1S/C27H25N3O3/c1-18-7-5-11-22(15-18)30-14-6-8-20-16-19(12-13-24(20)30)17-23(25(28)27(32)33)26(31)29-21-9-3-2-4-10-21/h2-5,7,9-13,15-17,28H,6,8,14H2,1H3,(H,29,31)(H,32,33)/b23-17-,28-25?. The van der Waals surface area contributed by atoms with Gasteiger partial charge in [0.25, 0.3) is 5.91 Å². The second-order valence-electron chi connectivity index (χ2n) is 8.04. The number of rotatable bonds is 6. The molecule has 4 rings (SSSR count). The van der Waals surface area contributed by atoms with Crippen molar-refractivity contribution in [1.29, 1.82) is 5.41 Å². The minimum atomic E-state index is -1.45. The van der Waals surface area contributed by atoms with Gasteiger partial charge in [0.1, 0.15) is 0 Å². The number of nitrogens with zero attached hydrogens (tertiary/aromatic N) is 1. The van der Waals surface area contributed by atoms with Crippen molar-refractivity contribution in [1.82, 2.24) is 0 Å². The number of benzene rings is 3. The third-order valence-electron chi connectivity index (χ3n) is 5.61. The summed E-state index contributed by atoms with van der Waals surface area (Å²) in [7, 11) is 0. The van der Waals surface area contributed by atoms with Gasteiger partial charge in [0, 0.05) is 23.6 Å². The summed E-state index contributed by atoms with van der Waals surface area (Å²) in [5, 5.41) is 20.0. The number of carbonyl (C=O) groups excluding carboxylic acids is 1. The fourth-order valence-electron chi connectivity index (χ4n) is 4.02. The van der Waals surface area contributed by atoms with Crippen molar-refractivity contribution in [2.24, 2.45) is 0 Å². The molecule has 3 aromatic rings. The highest BCUT2D eigenvalue weighted by molar-refractivity contribution is 6.50. The van der Waals surface area contributed by atoms with Crippen LogP contribution < -0.4 is 10.2 Å². The minimum Gasteiger partial charge on any atom is -0.477 e. The number of fused-ring (bicyclic) bond motifs is 1. The monoisotopic (exact) mass is 439 g/mol. The average Bonchev–Trinajstić information content (AvgIpc) is 2.82. The number of carboxylic acid groups (broad SMARTS) is 1. The van der Waals surface area contributed by atoms with Gasteiger partial charge in [-0.2, -0.15) is 0 Å². The SMILES string of the molecule is Cc1cccc(N2CCCc3cc(/C=C(/C(=N)C(=O)O)C(=O)Nc4ccccc4)ccc32)c1. The first-order valence-electron chi connectivity index (χ1n) is 10.8. The maximum atomic E-state index is 12.8. The van der Waals surface area contributed by atoms with E-state index in [0.717, 1.165) is 36.3 Å². The van der Waals surface area contributed by atoms with E-state index in [-0.39, 0.29) is 5.57 Å². The lowest BCUT2D eigenvalue weighted by Gasteiger charge is -2.32. The number of hydrogen-bond donors (Lipinski definition) is 3. The Hall–Kier alpha value is -4.19. The van der Waals surface area contributed by atoms with Gasteiger partial charge in [0.15, 0.2) is 5.71 Å². The lowest BCUT2D eigenvalue weighted by molar-refractivity contribution is -0.129. The molecule has 166 valence electrons. The van der Waals surface area contributed by atoms with E-state index in [1.54, 1.807) is 24.3 Å². The van der Waals surface area contributed by atoms with E-state index >= 15 is 0 Å². The van der Waals surface area contributed by atoms with Gasteiger partial charge in [-0.3, -0.25) is 10.2 Å². The third-order valence-corrected chi connectivity index (χ3v) is 5.61. The van der Waals surface area contributed by atoms with Crippen LogP contribution >= 0.6 is 0 Å². The van der Waals surface area contributed by atoms with E-state index in [2.05, 4.69) is 35.3 Å². The van der Waals surface area contributed by atoms with E-state index in [4.69, 9.17) is 5.41 Å². The molecule has 0 aromatic heterocycles. The van der Waals surface area contributed by atoms with Crippen molar-refractivity contribution in [2.75, 3.05) is 16.8 Å². The lowest BCUT2D eigenvalue weighted by Crippen LogP contribution is -2.25. The molecular weight excluding hydrogens is 414 g/mol. The molecule has 3 aromatic carbocycles. The number of aryl methyl sites for hydroxylation is 2. The molecule has 6 nitrogen and oxygen atoms in total. The molecule has 0 saturated carbocycles. The zero-order valence-electron chi connectivity index (χ0n) is 18.3. The zero-order valence-corrected chi connectivity index (χ0v) is 18.3. The fraction of sp³-hybridized carbons (Fsp3) is 0.148. The van der Waals surface area contributed by atoms with Crippen LogP contribution in [0.4, 0.5) is 17.1 Å². The number of aliphatic carboxylic acids is 1. The van der Waals surface area contributed by atoms with Crippen LogP contribution in [0.2, 0.25) is 0 Å². The van der Waals surface area contributed by atoms with Crippen LogP contribution in [0.3, 0.4) is 0 Å². The molecule has 0 radical (unpaired) electrons. The predicted octanol–water partition coefficient (Wildman–Crippen LogP) is 5.21. The number of nitrogens with one attached hydrogen (secondary N) is 2. The van der Waals surface area contributed by atoms with Crippen LogP contribution in [-0.4, -0.2) is 29.2 Å². The Kier molecular flexibility index (Phi) is 6.36. The van der Waals surface area contributed by atoms with Crippen LogP contribution in [0.15, 0.2) is 78.4 Å². The van der Waals surface area contributed by atoms with Gasteiger partial charge in [-0.05, 0) is 78.9 Å². The maximum Gasteiger partial charge on any atom is 0.354 e. The second kappa shape index (κ2) is 9.53. The van der Waals surface area contributed by atoms with Crippen molar-refractivity contribution in [3.05, 3.63) is 95.1 Å². The van der Waals surface area contributed by atoms with E-state index in [9.17, 15) is 14.7 Å². The Labute approximate surface area is 192 Å². The number of hydrogen-bond acceptors (Lipinski definition) is 4. The smallest absolute Gasteiger partial charge is 0.354 e. The number of amides is 1. The van der Waals surface area contributed by atoms with Crippen molar-refractivity contribution in [3.8, 4) is 0 Å². The van der Waals surface area contributed by atoms with Gasteiger partial charge in [-0.1, -0.05) is 36.4 Å². The van der Waals surface area contributed by atoms with Gasteiger partial charge in [0.2, 0.25) is 0 Å². The van der Waals surface area contributed by atoms with Crippen molar-refractivity contribution >= 4 is 40.7 Å². The molecule has 6 heteroatoms. The molecule has 0 aliphatic carbocycles. The van der Waals surface area contributed by atoms with Gasteiger partial charge >= 0.3 is 5.97 Å². The molecule has 1 heterocycles. The summed E-state index contributed by atoms with van der Waals surface area (Å²) < 4.78 is 0. The molecule has 0 bridgehead atoms. The molecule has 33 heavy (non-hydrogen) atoms. The molecule has 3 N–H and O–H groups in total. The molecule has 1 aliphatic heterocycles. The Bertz CT molecular complexity index is 1250. The minimum absolute atomic E-state index is 0.197. The predicted molar refractivity (Wildman–Crippen MR) is 131 cm³/mol. The maximum absolute atomic E-state index is 12.8. The number of anilines is 3. The Morgan fingerprint density at radius 1 is 1.03 bits per heavy atom. The third kappa shape index (κ3) is 5.01. The second-order valence-corrected chi connectivity index (χ2v) is 8.04. The summed E-state index contributed by atoms with van der Waals surface area (Å²) in [6.07, 6.45) is 3.35. The Morgan fingerprint density at radius 3 is 2.55 bits per heavy atom. The van der Waals surface area contributed by atoms with Crippen LogP contribution in [-0.2, 0) is 16.0 Å². The molecule has 0 fully saturated rings. The average molecular weight is 440 g/mol. The number of para-hydroxylation sites is 1. The largest absolute Gasteiger partial charge is 0.477 e. The van der Waals surface area contributed by atoms with Crippen molar-refractivity contribution in [3.63, 3.8) is 0 Å². The first-order chi connectivity index (χ1) is 15.9. The summed E-state index contributed by atoms with van der Waals surface area (Å²) in [6, 6.07) is 23.0. The molecule has 0 spiro atoms. The van der Waals surface area contributed by atoms with Gasteiger partial charge < -0.3 is 15.3 Å². The van der Waals surface area contributed by atoms with Crippen LogP contribution in [0.5, 0.6) is 0 Å². The molecule has 0 atom stereocenters. The number of carbonyl (C=O) groups is 2. The van der Waals surface area contributed by atoms with E-state index in [1.807, 2.05) is 30.3 Å². The topological polar surface area (TPSA) is 93.5 Å². The Morgan fingerprint density at radius 2 is 1.82 bits per heavy atom. The zero-order chi connectivity index (χ0) is 23.4. The summed E-state index contributed by atoms with van der Waals surface area (Å²) in [6.45, 7) is 2.99. The highest BCUT2D eigenvalue weighted by Crippen LogP contribution is 2.34. The van der Waals surface area contributed by atoms with Gasteiger partial charge in [-0.25, -0.2) is 4.79 Å². The fourth-order valence-corrected chi connectivity index (χ4v) is 4.02. The summed E-state index contributed by atoms with van der Waals surface area (Å²) in [4.78, 5) is 26.6. The number of carboxylic acids is 1. The van der Waals surface area contributed by atoms with Crippen LogP contribution in [0.25, 0.3) is 6.08 Å². The summed E-state index contributed by atoms with van der Waals surface area (Å²) >= 11 is 0. The van der Waals surface area contributed by atoms with Crippen molar-refractivity contribution < 1.29 is 14.7 Å². The van der Waals surface area contributed by atoms with Gasteiger partial charge in [0.05, 0.1) is 5.57 Å². The van der Waals surface area contributed by atoms with Crippen LogP contribution in [0, 0.1) is 12.3 Å². The summed E-state index contributed by atoms with van der Waals surface area (Å²) in [5.41, 5.74) is 4.83. The summed E-state index contributed by atoms with van der Waals surface area (Å²) in [5.74, 6) is -2.08. The molecule has 1 amide bonds. The molecule has 0 saturated heterocycles. The first kappa shape index (κ1) is 22.0. The first-order valence-corrected chi connectivity index (χ1v) is 10.8.